The number of aryl methyl sites for hydroxylation is 1. The molecule has 1 fully saturated rings. The number of hydrogen-bond acceptors (Lipinski definition) is 3. The summed E-state index contributed by atoms with van der Waals surface area (Å²) in [5.74, 6) is 0. The van der Waals surface area contributed by atoms with E-state index in [1.54, 1.807) is 7.05 Å². The van der Waals surface area contributed by atoms with Crippen molar-refractivity contribution in [1.82, 2.24) is 9.78 Å². The van der Waals surface area contributed by atoms with Crippen LogP contribution in [0.25, 0.3) is 0 Å². The summed E-state index contributed by atoms with van der Waals surface area (Å²) in [5.41, 5.74) is 0.0663. The van der Waals surface area contributed by atoms with Gasteiger partial charge in [-0.15, -0.1) is 0 Å². The second-order valence-electron chi connectivity index (χ2n) is 3.37. The summed E-state index contributed by atoms with van der Waals surface area (Å²) >= 11 is 0. The van der Waals surface area contributed by atoms with Gasteiger partial charge in [0.15, 0.2) is 6.29 Å². The molecule has 1 aromatic rings. The van der Waals surface area contributed by atoms with Gasteiger partial charge in [0.1, 0.15) is 5.69 Å². The Kier molecular flexibility index (Phi) is 2.97. The molecule has 0 saturated carbocycles. The summed E-state index contributed by atoms with van der Waals surface area (Å²) in [6.45, 7) is 1.06. The quantitative estimate of drug-likeness (QED) is 0.759. The molecule has 6 heteroatoms. The minimum absolute atomic E-state index is 0.260. The molecule has 1 aliphatic rings. The van der Waals surface area contributed by atoms with Gasteiger partial charge in [-0.3, -0.25) is 4.68 Å². The van der Waals surface area contributed by atoms with E-state index < -0.39 is 12.7 Å². The first-order valence-electron chi connectivity index (χ1n) is 4.73. The molecule has 1 saturated heterocycles. The van der Waals surface area contributed by atoms with Gasteiger partial charge in [-0.25, -0.2) is 8.78 Å². The van der Waals surface area contributed by atoms with Crippen LogP contribution in [0.15, 0.2) is 6.20 Å². The van der Waals surface area contributed by atoms with Crippen LogP contribution in [0.4, 0.5) is 8.78 Å². The molecule has 84 valence electrons. The molecular formula is C9H12F2N2O2. The van der Waals surface area contributed by atoms with Crippen molar-refractivity contribution < 1.29 is 18.3 Å². The number of hydrogen-bond donors (Lipinski definition) is 0. The molecule has 0 bridgehead atoms. The highest BCUT2D eigenvalue weighted by molar-refractivity contribution is 5.19. The van der Waals surface area contributed by atoms with Gasteiger partial charge in [0.25, 0.3) is 6.43 Å². The maximum absolute atomic E-state index is 12.6. The molecular weight excluding hydrogens is 206 g/mol. The van der Waals surface area contributed by atoms with E-state index in [1.165, 1.54) is 10.9 Å². The highest BCUT2D eigenvalue weighted by Crippen LogP contribution is 2.30. The fourth-order valence-electron chi connectivity index (χ4n) is 1.54. The Balaban J connectivity index is 2.25. The lowest BCUT2D eigenvalue weighted by molar-refractivity contribution is -0.184. The van der Waals surface area contributed by atoms with Crippen molar-refractivity contribution >= 4 is 0 Å². The van der Waals surface area contributed by atoms with Crippen molar-refractivity contribution in [2.24, 2.45) is 7.05 Å². The predicted molar refractivity (Wildman–Crippen MR) is 47.4 cm³/mol. The van der Waals surface area contributed by atoms with Gasteiger partial charge in [-0.2, -0.15) is 5.10 Å². The lowest BCUT2D eigenvalue weighted by atomic mass is 10.2. The fourth-order valence-corrected chi connectivity index (χ4v) is 1.54. The summed E-state index contributed by atoms with van der Waals surface area (Å²) in [5, 5.41) is 3.69. The molecule has 2 heterocycles. The number of nitrogens with zero attached hydrogens (tertiary/aromatic N) is 2. The largest absolute Gasteiger partial charge is 0.348 e. The highest BCUT2D eigenvalue weighted by atomic mass is 19.3. The number of halogens is 2. The Hall–Kier alpha value is -1.01. The van der Waals surface area contributed by atoms with Crippen LogP contribution in [0.5, 0.6) is 0 Å². The minimum Gasteiger partial charge on any atom is -0.348 e. The molecule has 0 spiro atoms. The Morgan fingerprint density at radius 1 is 1.47 bits per heavy atom. The van der Waals surface area contributed by atoms with Crippen LogP contribution in [0.1, 0.15) is 30.4 Å². The maximum atomic E-state index is 12.6. The zero-order chi connectivity index (χ0) is 10.8. The normalized spacial score (nSPS) is 18.7. The third-order valence-corrected chi connectivity index (χ3v) is 2.17. The van der Waals surface area contributed by atoms with Crippen molar-refractivity contribution in [3.8, 4) is 0 Å². The molecule has 15 heavy (non-hydrogen) atoms. The second kappa shape index (κ2) is 4.24. The van der Waals surface area contributed by atoms with E-state index in [0.717, 1.165) is 6.42 Å². The van der Waals surface area contributed by atoms with Gasteiger partial charge in [-0.05, 0) is 6.42 Å². The predicted octanol–water partition coefficient (Wildman–Crippen LogP) is 1.79. The SMILES string of the molecule is Cn1cc(C2OCCCO2)c(C(F)F)n1. The monoisotopic (exact) mass is 218 g/mol. The van der Waals surface area contributed by atoms with Crippen molar-refractivity contribution in [1.29, 1.82) is 0 Å². The van der Waals surface area contributed by atoms with Crippen LogP contribution in [0.3, 0.4) is 0 Å². The van der Waals surface area contributed by atoms with Gasteiger partial charge >= 0.3 is 0 Å². The molecule has 0 unspecified atom stereocenters. The third-order valence-electron chi connectivity index (χ3n) is 2.17. The van der Waals surface area contributed by atoms with Crippen LogP contribution in [0, 0.1) is 0 Å². The number of alkyl halides is 2. The van der Waals surface area contributed by atoms with Gasteiger partial charge in [0.2, 0.25) is 0 Å². The number of aromatic nitrogens is 2. The molecule has 0 amide bonds. The Bertz CT molecular complexity index is 335. The molecule has 0 aliphatic carbocycles. The van der Waals surface area contributed by atoms with E-state index in [0.29, 0.717) is 18.8 Å². The highest BCUT2D eigenvalue weighted by Gasteiger charge is 2.26. The van der Waals surface area contributed by atoms with E-state index in [-0.39, 0.29) is 5.69 Å². The van der Waals surface area contributed by atoms with Crippen molar-refractivity contribution in [3.63, 3.8) is 0 Å². The van der Waals surface area contributed by atoms with E-state index >= 15 is 0 Å². The zero-order valence-electron chi connectivity index (χ0n) is 8.32. The van der Waals surface area contributed by atoms with Crippen molar-refractivity contribution in [2.45, 2.75) is 19.1 Å². The molecule has 0 N–H and O–H groups in total. The standard InChI is InChI=1S/C9H12F2N2O2/c1-13-5-6(7(12-13)8(10)11)9-14-3-2-4-15-9/h5,8-9H,2-4H2,1H3. The Labute approximate surface area is 85.8 Å². The minimum atomic E-state index is -2.60. The van der Waals surface area contributed by atoms with Crippen LogP contribution in [-0.4, -0.2) is 23.0 Å². The average molecular weight is 218 g/mol. The Morgan fingerprint density at radius 2 is 2.13 bits per heavy atom. The first-order valence-corrected chi connectivity index (χ1v) is 4.73. The summed E-state index contributed by atoms with van der Waals surface area (Å²) in [6.07, 6.45) is -0.995. The number of ether oxygens (including phenoxy) is 2. The molecule has 0 radical (unpaired) electrons. The first-order chi connectivity index (χ1) is 7.18. The van der Waals surface area contributed by atoms with E-state index in [9.17, 15) is 8.78 Å². The molecule has 0 aromatic carbocycles. The van der Waals surface area contributed by atoms with E-state index in [1.807, 2.05) is 0 Å². The average Bonchev–Trinajstić information content (AvgIpc) is 2.62. The van der Waals surface area contributed by atoms with Gasteiger partial charge in [0, 0.05) is 13.2 Å². The zero-order valence-corrected chi connectivity index (χ0v) is 8.32. The summed E-state index contributed by atoms with van der Waals surface area (Å²) in [6, 6.07) is 0. The van der Waals surface area contributed by atoms with E-state index in [2.05, 4.69) is 5.10 Å². The summed E-state index contributed by atoms with van der Waals surface area (Å²) < 4.78 is 37.1. The molecule has 0 atom stereocenters. The van der Waals surface area contributed by atoms with E-state index in [4.69, 9.17) is 9.47 Å². The van der Waals surface area contributed by atoms with Gasteiger partial charge in [-0.1, -0.05) is 0 Å². The van der Waals surface area contributed by atoms with Gasteiger partial charge in [0.05, 0.1) is 18.8 Å². The summed E-state index contributed by atoms with van der Waals surface area (Å²) in [7, 11) is 1.60. The second-order valence-corrected chi connectivity index (χ2v) is 3.37. The topological polar surface area (TPSA) is 36.3 Å². The van der Waals surface area contributed by atoms with Crippen LogP contribution < -0.4 is 0 Å². The van der Waals surface area contributed by atoms with Crippen LogP contribution >= 0.6 is 0 Å². The van der Waals surface area contributed by atoms with Crippen LogP contribution in [0.2, 0.25) is 0 Å². The maximum Gasteiger partial charge on any atom is 0.282 e. The molecule has 2 rings (SSSR count). The van der Waals surface area contributed by atoms with Crippen molar-refractivity contribution in [3.05, 3.63) is 17.5 Å². The molecule has 1 aliphatic heterocycles. The number of rotatable bonds is 2. The molecule has 1 aromatic heterocycles. The lowest BCUT2D eigenvalue weighted by Gasteiger charge is -2.22. The smallest absolute Gasteiger partial charge is 0.282 e. The molecule has 4 nitrogen and oxygen atoms in total. The summed E-state index contributed by atoms with van der Waals surface area (Å²) in [4.78, 5) is 0. The lowest BCUT2D eigenvalue weighted by Crippen LogP contribution is -2.18. The van der Waals surface area contributed by atoms with Crippen molar-refractivity contribution in [2.75, 3.05) is 13.2 Å². The van der Waals surface area contributed by atoms with Crippen LogP contribution in [-0.2, 0) is 16.5 Å². The first kappa shape index (κ1) is 10.5. The third kappa shape index (κ3) is 2.15. The Morgan fingerprint density at radius 3 is 2.73 bits per heavy atom. The van der Waals surface area contributed by atoms with Gasteiger partial charge < -0.3 is 9.47 Å². The fraction of sp³-hybridized carbons (Fsp3) is 0.667.